The maximum absolute atomic E-state index is 13.5. The van der Waals surface area contributed by atoms with Crippen molar-refractivity contribution in [2.45, 2.75) is 37.5 Å². The van der Waals surface area contributed by atoms with Gasteiger partial charge in [-0.1, -0.05) is 54.6 Å². The molecule has 0 bridgehead atoms. The van der Waals surface area contributed by atoms with Gasteiger partial charge in [0.1, 0.15) is 16.8 Å². The third-order valence-corrected chi connectivity index (χ3v) is 7.12. The Morgan fingerprint density at radius 3 is 2.36 bits per heavy atom. The molecule has 0 fully saturated rings. The molecule has 1 amide bonds. The summed E-state index contributed by atoms with van der Waals surface area (Å²) in [6.07, 6.45) is -0.594. The number of amides is 1. The van der Waals surface area contributed by atoms with Gasteiger partial charge >= 0.3 is 0 Å². The number of carbonyl (C=O) groups excluding carboxylic acids is 1. The highest BCUT2D eigenvalue weighted by Crippen LogP contribution is 2.39. The van der Waals surface area contributed by atoms with Gasteiger partial charge in [0.25, 0.3) is 5.91 Å². The molecular formula is C25H27N3O4S. The SMILES string of the molecule is CC(C)NC(=O)COc1ccc([C@H]2Nc3ccccc3S(=O)(=O)N2Cc2ccccc2)cc1. The van der Waals surface area contributed by atoms with E-state index in [1.54, 1.807) is 30.3 Å². The van der Waals surface area contributed by atoms with Crippen molar-refractivity contribution >= 4 is 21.6 Å². The van der Waals surface area contributed by atoms with Crippen LogP contribution in [-0.4, -0.2) is 31.3 Å². The van der Waals surface area contributed by atoms with E-state index >= 15 is 0 Å². The van der Waals surface area contributed by atoms with Crippen molar-refractivity contribution < 1.29 is 17.9 Å². The Balaban J connectivity index is 1.61. The topological polar surface area (TPSA) is 87.7 Å². The number of sulfonamides is 1. The number of nitrogens with one attached hydrogen (secondary N) is 2. The fraction of sp³-hybridized carbons (Fsp3) is 0.240. The lowest BCUT2D eigenvalue weighted by Crippen LogP contribution is -2.42. The summed E-state index contributed by atoms with van der Waals surface area (Å²) in [6.45, 7) is 3.92. The normalized spacial score (nSPS) is 17.1. The van der Waals surface area contributed by atoms with Crippen molar-refractivity contribution in [1.29, 1.82) is 0 Å². The van der Waals surface area contributed by atoms with E-state index in [-0.39, 0.29) is 30.0 Å². The minimum absolute atomic E-state index is 0.0428. The Bertz CT molecular complexity index is 1210. The van der Waals surface area contributed by atoms with Crippen LogP contribution >= 0.6 is 0 Å². The molecule has 0 saturated heterocycles. The van der Waals surface area contributed by atoms with E-state index in [1.807, 2.05) is 62.4 Å². The first-order valence-corrected chi connectivity index (χ1v) is 12.2. The average Bonchev–Trinajstić information content (AvgIpc) is 2.80. The van der Waals surface area contributed by atoms with Crippen molar-refractivity contribution in [3.8, 4) is 5.75 Å². The van der Waals surface area contributed by atoms with Gasteiger partial charge in [-0.2, -0.15) is 4.31 Å². The number of carbonyl (C=O) groups is 1. The van der Waals surface area contributed by atoms with Crippen LogP contribution in [0.15, 0.2) is 83.8 Å². The zero-order valence-corrected chi connectivity index (χ0v) is 19.4. The maximum Gasteiger partial charge on any atom is 0.258 e. The van der Waals surface area contributed by atoms with Gasteiger partial charge in [-0.3, -0.25) is 4.79 Å². The Hall–Kier alpha value is -3.36. The molecule has 4 rings (SSSR count). The Labute approximate surface area is 194 Å². The third-order valence-electron chi connectivity index (χ3n) is 5.25. The minimum Gasteiger partial charge on any atom is -0.484 e. The third kappa shape index (κ3) is 5.18. The molecule has 0 saturated carbocycles. The van der Waals surface area contributed by atoms with Gasteiger partial charge in [0.05, 0.1) is 5.69 Å². The molecule has 3 aromatic rings. The number of anilines is 1. The van der Waals surface area contributed by atoms with Crippen LogP contribution in [0.2, 0.25) is 0 Å². The number of hydrogen-bond donors (Lipinski definition) is 2. The van der Waals surface area contributed by atoms with E-state index in [4.69, 9.17) is 4.74 Å². The molecule has 7 nitrogen and oxygen atoms in total. The van der Waals surface area contributed by atoms with Crippen LogP contribution < -0.4 is 15.4 Å². The lowest BCUT2D eigenvalue weighted by molar-refractivity contribution is -0.123. The second-order valence-corrected chi connectivity index (χ2v) is 10.0. The lowest BCUT2D eigenvalue weighted by Gasteiger charge is -2.37. The zero-order valence-electron chi connectivity index (χ0n) is 18.6. The van der Waals surface area contributed by atoms with Crippen LogP contribution in [0.5, 0.6) is 5.75 Å². The molecule has 2 N–H and O–H groups in total. The monoisotopic (exact) mass is 465 g/mol. The van der Waals surface area contributed by atoms with Gasteiger partial charge in [-0.15, -0.1) is 0 Å². The summed E-state index contributed by atoms with van der Waals surface area (Å²) in [5, 5.41) is 6.15. The number of para-hydroxylation sites is 1. The summed E-state index contributed by atoms with van der Waals surface area (Å²) in [7, 11) is -3.73. The highest BCUT2D eigenvalue weighted by Gasteiger charge is 2.38. The Morgan fingerprint density at radius 1 is 1.00 bits per heavy atom. The standard InChI is InChI=1S/C25H27N3O4S/c1-18(2)26-24(29)17-32-21-14-12-20(13-15-21)25-27-22-10-6-7-11-23(22)33(30,31)28(25)16-19-8-4-3-5-9-19/h3-15,18,25,27H,16-17H2,1-2H3,(H,26,29)/t25-/m0/s1. The highest BCUT2D eigenvalue weighted by atomic mass is 32.2. The molecular weight excluding hydrogens is 438 g/mol. The van der Waals surface area contributed by atoms with Crippen LogP contribution in [0.4, 0.5) is 5.69 Å². The molecule has 0 unspecified atom stereocenters. The summed E-state index contributed by atoms with van der Waals surface area (Å²) in [4.78, 5) is 12.1. The van der Waals surface area contributed by atoms with E-state index in [2.05, 4.69) is 10.6 Å². The number of benzene rings is 3. The fourth-order valence-corrected chi connectivity index (χ4v) is 5.42. The van der Waals surface area contributed by atoms with E-state index in [0.29, 0.717) is 11.4 Å². The Kier molecular flexibility index (Phi) is 6.67. The second kappa shape index (κ2) is 9.64. The maximum atomic E-state index is 13.5. The van der Waals surface area contributed by atoms with E-state index < -0.39 is 16.2 Å². The number of fused-ring (bicyclic) bond motifs is 1. The summed E-state index contributed by atoms with van der Waals surface area (Å²) in [6, 6.07) is 23.6. The second-order valence-electron chi connectivity index (χ2n) is 8.16. The first-order chi connectivity index (χ1) is 15.8. The first-order valence-electron chi connectivity index (χ1n) is 10.8. The van der Waals surface area contributed by atoms with Gasteiger partial charge in [0, 0.05) is 12.6 Å². The molecule has 172 valence electrons. The largest absolute Gasteiger partial charge is 0.484 e. The molecule has 1 heterocycles. The van der Waals surface area contributed by atoms with Gasteiger partial charge in [0.2, 0.25) is 10.0 Å². The molecule has 33 heavy (non-hydrogen) atoms. The molecule has 0 aromatic heterocycles. The quantitative estimate of drug-likeness (QED) is 0.553. The molecule has 0 radical (unpaired) electrons. The minimum atomic E-state index is -3.73. The van der Waals surface area contributed by atoms with Crippen LogP contribution in [-0.2, 0) is 21.4 Å². The van der Waals surface area contributed by atoms with Gasteiger partial charge in [0.15, 0.2) is 6.61 Å². The van der Waals surface area contributed by atoms with Gasteiger partial charge in [-0.25, -0.2) is 8.42 Å². The molecule has 0 aliphatic carbocycles. The van der Waals surface area contributed by atoms with Crippen molar-refractivity contribution in [1.82, 2.24) is 9.62 Å². The average molecular weight is 466 g/mol. The van der Waals surface area contributed by atoms with Crippen LogP contribution in [0, 0.1) is 0 Å². The van der Waals surface area contributed by atoms with Crippen LogP contribution in [0.1, 0.15) is 31.1 Å². The molecule has 8 heteroatoms. The van der Waals surface area contributed by atoms with Crippen molar-refractivity contribution in [3.63, 3.8) is 0 Å². The molecule has 1 aliphatic heterocycles. The predicted molar refractivity (Wildman–Crippen MR) is 127 cm³/mol. The summed E-state index contributed by atoms with van der Waals surface area (Å²) in [5.74, 6) is 0.339. The zero-order chi connectivity index (χ0) is 23.4. The number of nitrogens with zero attached hydrogens (tertiary/aromatic N) is 1. The van der Waals surface area contributed by atoms with E-state index in [9.17, 15) is 13.2 Å². The molecule has 0 spiro atoms. The van der Waals surface area contributed by atoms with E-state index in [0.717, 1.165) is 11.1 Å². The lowest BCUT2D eigenvalue weighted by atomic mass is 10.1. The summed E-state index contributed by atoms with van der Waals surface area (Å²) < 4.78 is 34.1. The van der Waals surface area contributed by atoms with Gasteiger partial charge in [-0.05, 0) is 49.2 Å². The molecule has 1 aliphatic rings. The number of hydrogen-bond acceptors (Lipinski definition) is 5. The smallest absolute Gasteiger partial charge is 0.258 e. The summed E-state index contributed by atoms with van der Waals surface area (Å²) in [5.41, 5.74) is 2.23. The van der Waals surface area contributed by atoms with Gasteiger partial charge < -0.3 is 15.4 Å². The van der Waals surface area contributed by atoms with Crippen molar-refractivity contribution in [2.24, 2.45) is 0 Å². The number of rotatable bonds is 7. The number of ether oxygens (including phenoxy) is 1. The summed E-state index contributed by atoms with van der Waals surface area (Å²) >= 11 is 0. The van der Waals surface area contributed by atoms with Crippen molar-refractivity contribution in [3.05, 3.63) is 90.0 Å². The van der Waals surface area contributed by atoms with Crippen LogP contribution in [0.3, 0.4) is 0 Å². The molecule has 1 atom stereocenters. The van der Waals surface area contributed by atoms with Crippen molar-refractivity contribution in [2.75, 3.05) is 11.9 Å². The van der Waals surface area contributed by atoms with Crippen LogP contribution in [0.25, 0.3) is 0 Å². The Morgan fingerprint density at radius 2 is 1.67 bits per heavy atom. The predicted octanol–water partition coefficient (Wildman–Crippen LogP) is 3.91. The highest BCUT2D eigenvalue weighted by molar-refractivity contribution is 7.89. The fourth-order valence-electron chi connectivity index (χ4n) is 3.74. The first kappa shape index (κ1) is 22.8. The van der Waals surface area contributed by atoms with E-state index in [1.165, 1.54) is 4.31 Å². The molecule has 3 aromatic carbocycles.